The van der Waals surface area contributed by atoms with Gasteiger partial charge in [-0.05, 0) is 24.5 Å². The second-order valence-electron chi connectivity index (χ2n) is 4.61. The number of benzene rings is 1. The zero-order chi connectivity index (χ0) is 12.8. The van der Waals surface area contributed by atoms with Crippen LogP contribution in [-0.4, -0.2) is 32.1 Å². The minimum atomic E-state index is 0.0549. The Kier molecular flexibility index (Phi) is 4.59. The van der Waals surface area contributed by atoms with Crippen LogP contribution in [0, 0.1) is 0 Å². The molecular formula is C14H21N3O. The summed E-state index contributed by atoms with van der Waals surface area (Å²) >= 11 is 0. The third kappa shape index (κ3) is 3.23. The first-order chi connectivity index (χ1) is 8.81. The van der Waals surface area contributed by atoms with Crippen molar-refractivity contribution in [1.82, 2.24) is 5.32 Å². The van der Waals surface area contributed by atoms with Crippen molar-refractivity contribution in [2.75, 3.05) is 31.1 Å². The van der Waals surface area contributed by atoms with Crippen LogP contribution in [0.25, 0.3) is 0 Å². The minimum absolute atomic E-state index is 0.0549. The normalized spacial score (nSPS) is 13.5. The zero-order valence-electron chi connectivity index (χ0n) is 10.7. The molecule has 3 N–H and O–H groups in total. The fourth-order valence-corrected chi connectivity index (χ4v) is 2.36. The van der Waals surface area contributed by atoms with Crippen LogP contribution in [0.4, 0.5) is 5.69 Å². The van der Waals surface area contributed by atoms with Gasteiger partial charge in [-0.15, -0.1) is 0 Å². The van der Waals surface area contributed by atoms with Crippen LogP contribution >= 0.6 is 0 Å². The molecule has 1 aromatic carbocycles. The maximum Gasteiger partial charge on any atom is 0.221 e. The fraction of sp³-hybridized carbons (Fsp3) is 0.500. The van der Waals surface area contributed by atoms with E-state index in [4.69, 9.17) is 5.73 Å². The summed E-state index contributed by atoms with van der Waals surface area (Å²) < 4.78 is 0. The van der Waals surface area contributed by atoms with Gasteiger partial charge in [0.2, 0.25) is 5.91 Å². The molecule has 0 fully saturated rings. The number of fused-ring (bicyclic) bond motifs is 1. The van der Waals surface area contributed by atoms with Crippen molar-refractivity contribution in [3.63, 3.8) is 0 Å². The van der Waals surface area contributed by atoms with Crippen LogP contribution in [-0.2, 0) is 11.2 Å². The molecule has 0 aromatic heterocycles. The molecule has 0 atom stereocenters. The highest BCUT2D eigenvalue weighted by molar-refractivity contribution is 5.75. The molecule has 98 valence electrons. The predicted molar refractivity (Wildman–Crippen MR) is 73.7 cm³/mol. The van der Waals surface area contributed by atoms with E-state index < -0.39 is 0 Å². The third-order valence-corrected chi connectivity index (χ3v) is 3.28. The van der Waals surface area contributed by atoms with E-state index in [-0.39, 0.29) is 5.91 Å². The Bertz CT molecular complexity index is 406. The zero-order valence-corrected chi connectivity index (χ0v) is 10.7. The molecule has 1 aliphatic rings. The summed E-state index contributed by atoms with van der Waals surface area (Å²) in [6, 6.07) is 8.54. The summed E-state index contributed by atoms with van der Waals surface area (Å²) in [4.78, 5) is 13.6. The average Bonchev–Trinajstić information content (AvgIpc) is 2.78. The lowest BCUT2D eigenvalue weighted by Gasteiger charge is -2.19. The van der Waals surface area contributed by atoms with Gasteiger partial charge in [0.25, 0.3) is 0 Å². The lowest BCUT2D eigenvalue weighted by molar-refractivity contribution is -0.120. The van der Waals surface area contributed by atoms with E-state index >= 15 is 0 Å². The average molecular weight is 247 g/mol. The number of nitrogens with zero attached hydrogens (tertiary/aromatic N) is 1. The highest BCUT2D eigenvalue weighted by atomic mass is 16.1. The Balaban J connectivity index is 1.71. The molecular weight excluding hydrogens is 226 g/mol. The summed E-state index contributed by atoms with van der Waals surface area (Å²) in [6.45, 7) is 3.25. The van der Waals surface area contributed by atoms with Crippen LogP contribution < -0.4 is 16.0 Å². The molecule has 1 amide bonds. The molecule has 0 unspecified atom stereocenters. The number of anilines is 1. The summed E-state index contributed by atoms with van der Waals surface area (Å²) in [7, 11) is 0. The molecule has 2 rings (SSSR count). The highest BCUT2D eigenvalue weighted by Gasteiger charge is 2.17. The van der Waals surface area contributed by atoms with Crippen LogP contribution in [0.1, 0.15) is 18.4 Å². The maximum absolute atomic E-state index is 11.2. The van der Waals surface area contributed by atoms with Crippen molar-refractivity contribution in [2.45, 2.75) is 19.3 Å². The molecule has 0 aliphatic carbocycles. The van der Waals surface area contributed by atoms with Crippen molar-refractivity contribution in [2.24, 2.45) is 5.73 Å². The molecule has 0 saturated heterocycles. The minimum Gasteiger partial charge on any atom is -0.371 e. The van der Waals surface area contributed by atoms with Gasteiger partial charge in [-0.3, -0.25) is 4.79 Å². The fourth-order valence-electron chi connectivity index (χ4n) is 2.36. The van der Waals surface area contributed by atoms with Crippen molar-refractivity contribution < 1.29 is 4.79 Å². The second-order valence-corrected chi connectivity index (χ2v) is 4.61. The Morgan fingerprint density at radius 3 is 3.06 bits per heavy atom. The largest absolute Gasteiger partial charge is 0.371 e. The molecule has 1 heterocycles. The maximum atomic E-state index is 11.2. The van der Waals surface area contributed by atoms with E-state index in [1.807, 2.05) is 0 Å². The molecule has 4 nitrogen and oxygen atoms in total. The van der Waals surface area contributed by atoms with E-state index in [0.29, 0.717) is 13.0 Å². The molecule has 18 heavy (non-hydrogen) atoms. The smallest absolute Gasteiger partial charge is 0.221 e. The van der Waals surface area contributed by atoms with Gasteiger partial charge in [-0.1, -0.05) is 18.2 Å². The lowest BCUT2D eigenvalue weighted by atomic mass is 10.2. The standard InChI is InChI=1S/C14H21N3O/c15-8-6-14(18)16-9-3-10-17-11-7-12-4-1-2-5-13(12)17/h1-2,4-5H,3,6-11,15H2,(H,16,18). The molecule has 4 heteroatoms. The SMILES string of the molecule is NCCC(=O)NCCCN1CCc2ccccc21. The van der Waals surface area contributed by atoms with E-state index in [9.17, 15) is 4.79 Å². The number of para-hydroxylation sites is 1. The van der Waals surface area contributed by atoms with E-state index in [2.05, 4.69) is 34.5 Å². The Labute approximate surface area is 108 Å². The van der Waals surface area contributed by atoms with Crippen LogP contribution in [0.15, 0.2) is 24.3 Å². The van der Waals surface area contributed by atoms with Crippen LogP contribution in [0.5, 0.6) is 0 Å². The topological polar surface area (TPSA) is 58.4 Å². The number of amides is 1. The van der Waals surface area contributed by atoms with Crippen molar-refractivity contribution in [1.29, 1.82) is 0 Å². The van der Waals surface area contributed by atoms with Crippen LogP contribution in [0.3, 0.4) is 0 Å². The van der Waals surface area contributed by atoms with Crippen molar-refractivity contribution in [3.8, 4) is 0 Å². The molecule has 0 radical (unpaired) electrons. The van der Waals surface area contributed by atoms with Gasteiger partial charge in [0.1, 0.15) is 0 Å². The van der Waals surface area contributed by atoms with E-state index in [1.54, 1.807) is 0 Å². The van der Waals surface area contributed by atoms with Gasteiger partial charge < -0.3 is 16.0 Å². The molecule has 1 aliphatic heterocycles. The van der Waals surface area contributed by atoms with Crippen LogP contribution in [0.2, 0.25) is 0 Å². The number of nitrogens with one attached hydrogen (secondary N) is 1. The highest BCUT2D eigenvalue weighted by Crippen LogP contribution is 2.27. The van der Waals surface area contributed by atoms with E-state index in [1.165, 1.54) is 11.3 Å². The quantitative estimate of drug-likeness (QED) is 0.734. The van der Waals surface area contributed by atoms with Crippen molar-refractivity contribution >= 4 is 11.6 Å². The molecule has 1 aromatic rings. The number of carbonyl (C=O) groups excluding carboxylic acids is 1. The number of carbonyl (C=O) groups is 1. The Morgan fingerprint density at radius 2 is 2.22 bits per heavy atom. The number of nitrogens with two attached hydrogens (primary N) is 1. The summed E-state index contributed by atoms with van der Waals surface area (Å²) in [5, 5.41) is 2.89. The van der Waals surface area contributed by atoms with Gasteiger partial charge in [0.15, 0.2) is 0 Å². The van der Waals surface area contributed by atoms with Crippen molar-refractivity contribution in [3.05, 3.63) is 29.8 Å². The first-order valence-corrected chi connectivity index (χ1v) is 6.61. The number of rotatable bonds is 6. The van der Waals surface area contributed by atoms with Gasteiger partial charge >= 0.3 is 0 Å². The summed E-state index contributed by atoms with van der Waals surface area (Å²) in [5.41, 5.74) is 8.10. The van der Waals surface area contributed by atoms with Gasteiger partial charge in [-0.2, -0.15) is 0 Å². The predicted octanol–water partition coefficient (Wildman–Crippen LogP) is 0.904. The second kappa shape index (κ2) is 6.40. The number of hydrogen-bond acceptors (Lipinski definition) is 3. The number of hydrogen-bond donors (Lipinski definition) is 2. The molecule has 0 saturated carbocycles. The monoisotopic (exact) mass is 247 g/mol. The van der Waals surface area contributed by atoms with Gasteiger partial charge in [-0.25, -0.2) is 0 Å². The third-order valence-electron chi connectivity index (χ3n) is 3.28. The first-order valence-electron chi connectivity index (χ1n) is 6.61. The first kappa shape index (κ1) is 12.9. The molecule has 0 spiro atoms. The lowest BCUT2D eigenvalue weighted by Crippen LogP contribution is -2.30. The Morgan fingerprint density at radius 1 is 1.39 bits per heavy atom. The van der Waals surface area contributed by atoms with Gasteiger partial charge in [0.05, 0.1) is 0 Å². The molecule has 0 bridgehead atoms. The van der Waals surface area contributed by atoms with Gasteiger partial charge in [0, 0.05) is 38.3 Å². The van der Waals surface area contributed by atoms with E-state index in [0.717, 1.165) is 32.5 Å². The Hall–Kier alpha value is -1.55. The summed E-state index contributed by atoms with van der Waals surface area (Å²) in [5.74, 6) is 0.0549. The summed E-state index contributed by atoms with van der Waals surface area (Å²) in [6.07, 6.45) is 2.53.